The number of benzene rings is 1. The number of carbonyl (C=O) groups excluding carboxylic acids is 1. The maximum atomic E-state index is 11.3. The first-order valence-electron chi connectivity index (χ1n) is 3.99. The standard InChI is InChI=1S/C9H8Cl3NO2/c1-5-3-2-4-6(7(5)14)13-8(15)9(10,11)12/h2-4,14H,1H3,(H,13,15). The van der Waals surface area contributed by atoms with Crippen LogP contribution in [0.15, 0.2) is 18.2 Å². The Morgan fingerprint density at radius 2 is 2.00 bits per heavy atom. The van der Waals surface area contributed by atoms with Crippen molar-refractivity contribution in [3.8, 4) is 5.75 Å². The summed E-state index contributed by atoms with van der Waals surface area (Å²) >= 11 is 16.1. The van der Waals surface area contributed by atoms with Gasteiger partial charge in [0.2, 0.25) is 0 Å². The first kappa shape index (κ1) is 12.4. The van der Waals surface area contributed by atoms with E-state index in [2.05, 4.69) is 5.32 Å². The predicted molar refractivity (Wildman–Crippen MR) is 61.8 cm³/mol. The van der Waals surface area contributed by atoms with Gasteiger partial charge in [0.1, 0.15) is 5.75 Å². The largest absolute Gasteiger partial charge is 0.505 e. The van der Waals surface area contributed by atoms with Gasteiger partial charge in [-0.3, -0.25) is 4.79 Å². The Morgan fingerprint density at radius 1 is 1.40 bits per heavy atom. The van der Waals surface area contributed by atoms with Gasteiger partial charge in [0, 0.05) is 0 Å². The van der Waals surface area contributed by atoms with Crippen molar-refractivity contribution >= 4 is 46.4 Å². The van der Waals surface area contributed by atoms with Crippen LogP contribution in [0.5, 0.6) is 5.75 Å². The molecule has 1 aromatic rings. The number of rotatable bonds is 1. The van der Waals surface area contributed by atoms with Crippen LogP contribution < -0.4 is 5.32 Å². The number of amides is 1. The van der Waals surface area contributed by atoms with Crippen molar-refractivity contribution in [2.24, 2.45) is 0 Å². The third-order valence-corrected chi connectivity index (χ3v) is 2.26. The number of hydrogen-bond donors (Lipinski definition) is 2. The number of alkyl halides is 3. The summed E-state index contributed by atoms with van der Waals surface area (Å²) in [5, 5.41) is 11.9. The van der Waals surface area contributed by atoms with Gasteiger partial charge in [-0.25, -0.2) is 0 Å². The van der Waals surface area contributed by atoms with Crippen LogP contribution in [0.2, 0.25) is 0 Å². The van der Waals surface area contributed by atoms with Crippen LogP contribution in [0, 0.1) is 6.92 Å². The van der Waals surface area contributed by atoms with Crippen molar-refractivity contribution < 1.29 is 9.90 Å². The van der Waals surface area contributed by atoms with Crippen molar-refractivity contribution in [3.63, 3.8) is 0 Å². The Kier molecular flexibility index (Phi) is 3.71. The van der Waals surface area contributed by atoms with Gasteiger partial charge in [0.25, 0.3) is 9.70 Å². The third-order valence-electron chi connectivity index (χ3n) is 1.74. The first-order chi connectivity index (χ1) is 6.82. The average molecular weight is 269 g/mol. The summed E-state index contributed by atoms with van der Waals surface area (Å²) in [5.41, 5.74) is 0.837. The minimum absolute atomic E-state index is 0.0416. The second-order valence-corrected chi connectivity index (χ2v) is 5.20. The normalized spacial score (nSPS) is 11.2. The lowest BCUT2D eigenvalue weighted by Gasteiger charge is -2.13. The lowest BCUT2D eigenvalue weighted by Crippen LogP contribution is -2.26. The summed E-state index contributed by atoms with van der Waals surface area (Å²) in [7, 11) is 0. The van der Waals surface area contributed by atoms with E-state index in [1.54, 1.807) is 19.1 Å². The number of hydrogen-bond acceptors (Lipinski definition) is 2. The average Bonchev–Trinajstić information content (AvgIpc) is 2.11. The lowest BCUT2D eigenvalue weighted by atomic mass is 10.2. The quantitative estimate of drug-likeness (QED) is 0.607. The second-order valence-electron chi connectivity index (χ2n) is 2.92. The van der Waals surface area contributed by atoms with Crippen LogP contribution in [0.3, 0.4) is 0 Å². The Labute approximate surface area is 102 Å². The molecule has 0 heterocycles. The third kappa shape index (κ3) is 3.16. The van der Waals surface area contributed by atoms with Crippen molar-refractivity contribution in [2.75, 3.05) is 5.32 Å². The van der Waals surface area contributed by atoms with Crippen LogP contribution in [-0.2, 0) is 4.79 Å². The summed E-state index contributed by atoms with van der Waals surface area (Å²) < 4.78 is -2.05. The molecule has 0 aliphatic carbocycles. The van der Waals surface area contributed by atoms with E-state index < -0.39 is 9.70 Å². The Morgan fingerprint density at radius 3 is 2.53 bits per heavy atom. The number of halogens is 3. The number of anilines is 1. The van der Waals surface area contributed by atoms with E-state index in [0.717, 1.165) is 0 Å². The molecule has 15 heavy (non-hydrogen) atoms. The number of phenolic OH excluding ortho intramolecular Hbond substituents is 1. The topological polar surface area (TPSA) is 49.3 Å². The second kappa shape index (κ2) is 4.47. The molecule has 0 saturated carbocycles. The Bertz CT molecular complexity index is 387. The van der Waals surface area contributed by atoms with Crippen molar-refractivity contribution in [1.29, 1.82) is 0 Å². The number of phenols is 1. The highest BCUT2D eigenvalue weighted by molar-refractivity contribution is 6.76. The van der Waals surface area contributed by atoms with Crippen LogP contribution in [0.1, 0.15) is 5.56 Å². The van der Waals surface area contributed by atoms with Gasteiger partial charge in [0.15, 0.2) is 0 Å². The molecule has 0 atom stereocenters. The molecule has 0 aliphatic heterocycles. The minimum atomic E-state index is -2.05. The molecular formula is C9H8Cl3NO2. The maximum absolute atomic E-state index is 11.3. The molecule has 0 bridgehead atoms. The van der Waals surface area contributed by atoms with Crippen LogP contribution in [0.25, 0.3) is 0 Å². The number of para-hydroxylation sites is 1. The molecule has 1 aromatic carbocycles. The van der Waals surface area contributed by atoms with Crippen molar-refractivity contribution in [1.82, 2.24) is 0 Å². The summed E-state index contributed by atoms with van der Waals surface area (Å²) in [5.74, 6) is -0.853. The van der Waals surface area contributed by atoms with Gasteiger partial charge in [-0.05, 0) is 18.6 Å². The van der Waals surface area contributed by atoms with Crippen molar-refractivity contribution in [2.45, 2.75) is 10.7 Å². The van der Waals surface area contributed by atoms with Gasteiger partial charge in [-0.2, -0.15) is 0 Å². The van der Waals surface area contributed by atoms with Crippen LogP contribution >= 0.6 is 34.8 Å². The molecule has 3 nitrogen and oxygen atoms in total. The maximum Gasteiger partial charge on any atom is 0.276 e. The van der Waals surface area contributed by atoms with E-state index in [4.69, 9.17) is 34.8 Å². The molecule has 0 aliphatic rings. The summed E-state index contributed by atoms with van der Waals surface area (Å²) in [6, 6.07) is 4.88. The summed E-state index contributed by atoms with van der Waals surface area (Å²) in [6.07, 6.45) is 0. The molecule has 0 fully saturated rings. The summed E-state index contributed by atoms with van der Waals surface area (Å²) in [6.45, 7) is 1.69. The molecular weight excluding hydrogens is 260 g/mol. The lowest BCUT2D eigenvalue weighted by molar-refractivity contribution is -0.115. The van der Waals surface area contributed by atoms with Crippen molar-refractivity contribution in [3.05, 3.63) is 23.8 Å². The SMILES string of the molecule is Cc1cccc(NC(=O)C(Cl)(Cl)Cl)c1O. The zero-order valence-electron chi connectivity index (χ0n) is 7.72. The van der Waals surface area contributed by atoms with E-state index in [9.17, 15) is 9.90 Å². The molecule has 82 valence electrons. The summed E-state index contributed by atoms with van der Waals surface area (Å²) in [4.78, 5) is 11.3. The fourth-order valence-corrected chi connectivity index (χ4v) is 1.09. The smallest absolute Gasteiger partial charge is 0.276 e. The molecule has 0 radical (unpaired) electrons. The molecule has 0 saturated heterocycles. The van der Waals surface area contributed by atoms with E-state index >= 15 is 0 Å². The predicted octanol–water partition coefficient (Wildman–Crippen LogP) is 3.01. The van der Waals surface area contributed by atoms with Gasteiger partial charge >= 0.3 is 0 Å². The molecule has 0 aromatic heterocycles. The first-order valence-corrected chi connectivity index (χ1v) is 5.12. The van der Waals surface area contributed by atoms with E-state index in [1.165, 1.54) is 6.07 Å². The van der Waals surface area contributed by atoms with Crippen LogP contribution in [0.4, 0.5) is 5.69 Å². The fraction of sp³-hybridized carbons (Fsp3) is 0.222. The zero-order valence-corrected chi connectivity index (χ0v) is 9.99. The number of aryl methyl sites for hydroxylation is 1. The number of nitrogens with one attached hydrogen (secondary N) is 1. The fourth-order valence-electron chi connectivity index (χ4n) is 0.953. The molecule has 0 unspecified atom stereocenters. The molecule has 1 rings (SSSR count). The monoisotopic (exact) mass is 267 g/mol. The molecule has 0 spiro atoms. The molecule has 6 heteroatoms. The minimum Gasteiger partial charge on any atom is -0.505 e. The van der Waals surface area contributed by atoms with E-state index in [0.29, 0.717) is 5.56 Å². The highest BCUT2D eigenvalue weighted by Gasteiger charge is 2.31. The van der Waals surface area contributed by atoms with Gasteiger partial charge in [-0.15, -0.1) is 0 Å². The van der Waals surface area contributed by atoms with Gasteiger partial charge in [-0.1, -0.05) is 46.9 Å². The van der Waals surface area contributed by atoms with Crippen LogP contribution in [-0.4, -0.2) is 14.8 Å². The van der Waals surface area contributed by atoms with E-state index in [-0.39, 0.29) is 11.4 Å². The Balaban J connectivity index is 2.91. The number of aromatic hydroxyl groups is 1. The van der Waals surface area contributed by atoms with E-state index in [1.807, 2.05) is 0 Å². The van der Waals surface area contributed by atoms with Gasteiger partial charge in [0.05, 0.1) is 5.69 Å². The zero-order chi connectivity index (χ0) is 11.6. The number of carbonyl (C=O) groups is 1. The molecule has 2 N–H and O–H groups in total. The van der Waals surface area contributed by atoms with Gasteiger partial charge < -0.3 is 10.4 Å². The highest BCUT2D eigenvalue weighted by Crippen LogP contribution is 2.31. The highest BCUT2D eigenvalue weighted by atomic mass is 35.6. The Hall–Kier alpha value is -0.640. The molecule has 1 amide bonds.